The van der Waals surface area contributed by atoms with E-state index in [2.05, 4.69) is 0 Å². The summed E-state index contributed by atoms with van der Waals surface area (Å²) in [6, 6.07) is 4.30. The number of hydrogen-bond donors (Lipinski definition) is 2. The number of nitrogens with one attached hydrogen (secondary N) is 1. The van der Waals surface area contributed by atoms with Crippen LogP contribution >= 0.6 is 0 Å². The Morgan fingerprint density at radius 2 is 2.16 bits per heavy atom. The molecule has 1 aromatic carbocycles. The number of rotatable bonds is 3. The first-order valence-electron chi connectivity index (χ1n) is 5.43. The van der Waals surface area contributed by atoms with Crippen molar-refractivity contribution >= 4 is 5.69 Å². The van der Waals surface area contributed by atoms with Gasteiger partial charge in [-0.15, -0.1) is 0 Å². The van der Waals surface area contributed by atoms with Crippen molar-refractivity contribution in [2.45, 2.75) is 6.54 Å². The van der Waals surface area contributed by atoms with Crippen molar-refractivity contribution in [2.75, 3.05) is 12.8 Å². The van der Waals surface area contributed by atoms with Gasteiger partial charge in [-0.3, -0.25) is 14.3 Å². The van der Waals surface area contributed by atoms with Crippen LogP contribution < -0.4 is 21.7 Å². The molecular formula is C12H12FN3O3. The molecule has 1 aromatic heterocycles. The highest BCUT2D eigenvalue weighted by atomic mass is 19.1. The van der Waals surface area contributed by atoms with Crippen molar-refractivity contribution in [1.82, 2.24) is 9.55 Å². The van der Waals surface area contributed by atoms with E-state index in [0.29, 0.717) is 5.75 Å². The van der Waals surface area contributed by atoms with Gasteiger partial charge in [-0.05, 0) is 6.07 Å². The van der Waals surface area contributed by atoms with Crippen molar-refractivity contribution < 1.29 is 9.13 Å². The zero-order valence-electron chi connectivity index (χ0n) is 10.1. The van der Waals surface area contributed by atoms with Crippen LogP contribution in [0.3, 0.4) is 0 Å². The first-order chi connectivity index (χ1) is 9.01. The Bertz CT molecular complexity index is 721. The third-order valence-corrected chi connectivity index (χ3v) is 2.64. The lowest BCUT2D eigenvalue weighted by atomic mass is 10.2. The van der Waals surface area contributed by atoms with E-state index in [0.717, 1.165) is 4.57 Å². The summed E-state index contributed by atoms with van der Waals surface area (Å²) in [6.07, 6.45) is 1.19. The van der Waals surface area contributed by atoms with E-state index in [1.165, 1.54) is 25.4 Å². The van der Waals surface area contributed by atoms with Gasteiger partial charge in [-0.2, -0.15) is 0 Å². The molecule has 7 heteroatoms. The van der Waals surface area contributed by atoms with E-state index in [-0.39, 0.29) is 17.8 Å². The highest BCUT2D eigenvalue weighted by Crippen LogP contribution is 2.16. The molecule has 0 spiro atoms. The van der Waals surface area contributed by atoms with Crippen molar-refractivity contribution in [1.29, 1.82) is 0 Å². The molecule has 0 aliphatic carbocycles. The summed E-state index contributed by atoms with van der Waals surface area (Å²) in [7, 11) is 1.43. The minimum atomic E-state index is -0.656. The van der Waals surface area contributed by atoms with Crippen LogP contribution in [0.4, 0.5) is 10.1 Å². The van der Waals surface area contributed by atoms with Crippen LogP contribution in [0.15, 0.2) is 34.0 Å². The molecular weight excluding hydrogens is 253 g/mol. The third-order valence-electron chi connectivity index (χ3n) is 2.64. The number of ether oxygens (including phenoxy) is 1. The second kappa shape index (κ2) is 4.97. The van der Waals surface area contributed by atoms with E-state index in [1.807, 2.05) is 4.98 Å². The first kappa shape index (κ1) is 12.9. The Kier molecular flexibility index (Phi) is 3.37. The number of nitrogen functional groups attached to an aromatic ring is 1. The molecule has 2 rings (SSSR count). The van der Waals surface area contributed by atoms with Crippen molar-refractivity contribution in [3.8, 4) is 5.75 Å². The fourth-order valence-electron chi connectivity index (χ4n) is 1.61. The van der Waals surface area contributed by atoms with E-state index < -0.39 is 17.1 Å². The standard InChI is InChI=1S/C12H12FN3O3/c1-19-8-3-2-7(9(13)4-8)5-16-6-10(14)11(17)15-12(16)18/h2-4,6H,5,14H2,1H3,(H,15,17,18). The molecule has 0 radical (unpaired) electrons. The van der Waals surface area contributed by atoms with Gasteiger partial charge < -0.3 is 10.5 Å². The predicted molar refractivity (Wildman–Crippen MR) is 67.8 cm³/mol. The number of anilines is 1. The number of nitrogens with two attached hydrogens (primary N) is 1. The lowest BCUT2D eigenvalue weighted by molar-refractivity contribution is 0.410. The smallest absolute Gasteiger partial charge is 0.328 e. The van der Waals surface area contributed by atoms with Crippen molar-refractivity contribution in [3.05, 3.63) is 56.6 Å². The maximum absolute atomic E-state index is 13.7. The maximum Gasteiger partial charge on any atom is 0.328 e. The maximum atomic E-state index is 13.7. The number of nitrogens with zero attached hydrogens (tertiary/aromatic N) is 1. The average Bonchev–Trinajstić information content (AvgIpc) is 2.38. The Labute approximate surface area is 107 Å². The highest BCUT2D eigenvalue weighted by Gasteiger charge is 2.07. The van der Waals surface area contributed by atoms with E-state index >= 15 is 0 Å². The molecule has 1 heterocycles. The van der Waals surface area contributed by atoms with Gasteiger partial charge in [-0.25, -0.2) is 9.18 Å². The number of benzene rings is 1. The Hall–Kier alpha value is -2.57. The van der Waals surface area contributed by atoms with Gasteiger partial charge in [-0.1, -0.05) is 6.07 Å². The second-order valence-corrected chi connectivity index (χ2v) is 3.93. The van der Waals surface area contributed by atoms with Gasteiger partial charge in [0.25, 0.3) is 5.56 Å². The number of halogens is 1. The fourth-order valence-corrected chi connectivity index (χ4v) is 1.61. The number of H-pyrrole nitrogens is 1. The molecule has 3 N–H and O–H groups in total. The van der Waals surface area contributed by atoms with Crippen LogP contribution in [0, 0.1) is 5.82 Å². The average molecular weight is 265 g/mol. The van der Waals surface area contributed by atoms with Gasteiger partial charge in [0.05, 0.1) is 13.7 Å². The van der Waals surface area contributed by atoms with E-state index in [4.69, 9.17) is 10.5 Å². The molecule has 0 saturated carbocycles. The first-order valence-corrected chi connectivity index (χ1v) is 5.43. The normalized spacial score (nSPS) is 10.4. The van der Waals surface area contributed by atoms with Gasteiger partial charge in [0.15, 0.2) is 0 Å². The minimum Gasteiger partial charge on any atom is -0.497 e. The zero-order valence-corrected chi connectivity index (χ0v) is 10.1. The number of methoxy groups -OCH3 is 1. The lowest BCUT2D eigenvalue weighted by Crippen LogP contribution is -2.31. The number of aromatic amines is 1. The van der Waals surface area contributed by atoms with Crippen LogP contribution in [0.25, 0.3) is 0 Å². The summed E-state index contributed by atoms with van der Waals surface area (Å²) < 4.78 is 19.7. The van der Waals surface area contributed by atoms with Crippen LogP contribution in [-0.2, 0) is 6.54 Å². The molecule has 0 atom stereocenters. The number of aromatic nitrogens is 2. The molecule has 0 aliphatic heterocycles. The molecule has 0 saturated heterocycles. The third kappa shape index (κ3) is 2.65. The molecule has 2 aromatic rings. The summed E-state index contributed by atoms with van der Waals surface area (Å²) in [6.45, 7) is -0.0321. The molecule has 100 valence electrons. The quantitative estimate of drug-likeness (QED) is 0.836. The molecule has 19 heavy (non-hydrogen) atoms. The lowest BCUT2D eigenvalue weighted by Gasteiger charge is -2.08. The molecule has 6 nitrogen and oxygen atoms in total. The summed E-state index contributed by atoms with van der Waals surface area (Å²) in [5.74, 6) is -0.120. The molecule has 0 unspecified atom stereocenters. The largest absolute Gasteiger partial charge is 0.497 e. The summed E-state index contributed by atoms with van der Waals surface area (Å²) in [5, 5.41) is 0. The Morgan fingerprint density at radius 3 is 2.79 bits per heavy atom. The summed E-state index contributed by atoms with van der Waals surface area (Å²) in [5.41, 5.74) is 4.29. The Morgan fingerprint density at radius 1 is 1.42 bits per heavy atom. The Balaban J connectivity index is 2.39. The fraction of sp³-hybridized carbons (Fsp3) is 0.167. The van der Waals surface area contributed by atoms with Crippen LogP contribution in [-0.4, -0.2) is 16.7 Å². The zero-order chi connectivity index (χ0) is 14.0. The monoisotopic (exact) mass is 265 g/mol. The van der Waals surface area contributed by atoms with Crippen molar-refractivity contribution in [2.24, 2.45) is 0 Å². The second-order valence-electron chi connectivity index (χ2n) is 3.93. The van der Waals surface area contributed by atoms with E-state index in [1.54, 1.807) is 6.07 Å². The minimum absolute atomic E-state index is 0.0321. The highest BCUT2D eigenvalue weighted by molar-refractivity contribution is 5.32. The summed E-state index contributed by atoms with van der Waals surface area (Å²) in [4.78, 5) is 24.7. The topological polar surface area (TPSA) is 90.1 Å². The van der Waals surface area contributed by atoms with Gasteiger partial charge in [0.1, 0.15) is 17.3 Å². The summed E-state index contributed by atoms with van der Waals surface area (Å²) >= 11 is 0. The van der Waals surface area contributed by atoms with Crippen molar-refractivity contribution in [3.63, 3.8) is 0 Å². The predicted octanol–water partition coefficient (Wildman–Crippen LogP) is 0.315. The molecule has 0 bridgehead atoms. The molecule has 0 amide bonds. The molecule has 0 aliphatic rings. The molecule has 0 fully saturated rings. The van der Waals surface area contributed by atoms with E-state index in [9.17, 15) is 14.0 Å². The van der Waals surface area contributed by atoms with Crippen LogP contribution in [0.5, 0.6) is 5.75 Å². The van der Waals surface area contributed by atoms with Gasteiger partial charge in [0, 0.05) is 17.8 Å². The van der Waals surface area contributed by atoms with Crippen LogP contribution in [0.2, 0.25) is 0 Å². The SMILES string of the molecule is COc1ccc(Cn2cc(N)c(=O)[nH]c2=O)c(F)c1. The number of hydrogen-bond acceptors (Lipinski definition) is 4. The van der Waals surface area contributed by atoms with Gasteiger partial charge >= 0.3 is 5.69 Å². The van der Waals surface area contributed by atoms with Gasteiger partial charge in [0.2, 0.25) is 0 Å². The van der Waals surface area contributed by atoms with Crippen LogP contribution in [0.1, 0.15) is 5.56 Å².